The smallest absolute Gasteiger partial charge is 0.283 e. The van der Waals surface area contributed by atoms with Crippen LogP contribution in [0.2, 0.25) is 0 Å². The molecule has 1 aromatic carbocycles. The van der Waals surface area contributed by atoms with E-state index < -0.39 is 37.5 Å². The molecule has 23 heavy (non-hydrogen) atoms. The van der Waals surface area contributed by atoms with Gasteiger partial charge in [0.25, 0.3) is 17.1 Å². The van der Waals surface area contributed by atoms with Gasteiger partial charge in [0.2, 0.25) is 0 Å². The zero-order valence-corrected chi connectivity index (χ0v) is 11.6. The number of nitrogens with zero attached hydrogens (tertiary/aromatic N) is 5. The van der Waals surface area contributed by atoms with Gasteiger partial charge in [-0.25, -0.2) is 4.57 Å². The molecule has 11 nitrogen and oxygen atoms in total. The fraction of sp³-hybridized carbons (Fsp3) is 0.0833. The summed E-state index contributed by atoms with van der Waals surface area (Å²) in [7, 11) is 1.68. The highest BCUT2D eigenvalue weighted by atomic mass is 16.6. The van der Waals surface area contributed by atoms with Crippen LogP contribution in [0.1, 0.15) is 0 Å². The van der Waals surface area contributed by atoms with Crippen LogP contribution in [0.25, 0.3) is 5.32 Å². The number of rotatable bonds is 5. The minimum Gasteiger partial charge on any atom is -0.642 e. The highest BCUT2D eigenvalue weighted by molar-refractivity contribution is 5.84. The number of hydrogen-bond donors (Lipinski definition) is 0. The largest absolute Gasteiger partial charge is 0.642 e. The maximum Gasteiger partial charge on any atom is 0.283 e. The lowest BCUT2D eigenvalue weighted by molar-refractivity contribution is -0.670. The van der Waals surface area contributed by atoms with Crippen LogP contribution in [0.4, 0.5) is 28.4 Å². The van der Waals surface area contributed by atoms with Crippen molar-refractivity contribution in [3.05, 3.63) is 72.3 Å². The van der Waals surface area contributed by atoms with Crippen LogP contribution in [-0.4, -0.2) is 14.8 Å². The summed E-state index contributed by atoms with van der Waals surface area (Å²) in [4.78, 5) is 30.2. The van der Waals surface area contributed by atoms with Gasteiger partial charge in [-0.05, 0) is 0 Å². The summed E-state index contributed by atoms with van der Waals surface area (Å²) in [5.74, 6) is 0. The highest BCUT2D eigenvalue weighted by Gasteiger charge is 2.25. The molecular weight excluding hydrogens is 310 g/mol. The van der Waals surface area contributed by atoms with E-state index in [0.717, 1.165) is 0 Å². The Morgan fingerprint density at radius 2 is 1.57 bits per heavy atom. The van der Waals surface area contributed by atoms with E-state index in [1.165, 1.54) is 12.3 Å². The first-order valence-corrected chi connectivity index (χ1v) is 6.08. The Kier molecular flexibility index (Phi) is 4.12. The lowest BCUT2D eigenvalue weighted by Crippen LogP contribution is -2.25. The molecule has 11 heteroatoms. The molecule has 0 aliphatic heterocycles. The van der Waals surface area contributed by atoms with Gasteiger partial charge in [-0.1, -0.05) is 11.8 Å². The van der Waals surface area contributed by atoms with E-state index in [9.17, 15) is 30.3 Å². The van der Waals surface area contributed by atoms with Crippen molar-refractivity contribution >= 4 is 28.4 Å². The Hall–Kier alpha value is -3.63. The molecule has 2 aromatic rings. The molecule has 1 heterocycles. The average Bonchev–Trinajstić information content (AvgIpc) is 2.46. The van der Waals surface area contributed by atoms with Gasteiger partial charge in [-0.3, -0.25) is 30.3 Å². The summed E-state index contributed by atoms with van der Waals surface area (Å²) in [6.45, 7) is 0. The molecule has 118 valence electrons. The number of nitro benzene ring substituents is 3. The van der Waals surface area contributed by atoms with Crippen molar-refractivity contribution in [2.45, 2.75) is 0 Å². The summed E-state index contributed by atoms with van der Waals surface area (Å²) in [6, 6.07) is 4.39. The first-order valence-electron chi connectivity index (χ1n) is 6.08. The van der Waals surface area contributed by atoms with Gasteiger partial charge in [0.1, 0.15) is 7.05 Å². The third kappa shape index (κ3) is 3.34. The Labute approximate surface area is 128 Å². The second kappa shape index (κ2) is 6.01. The van der Waals surface area contributed by atoms with Crippen molar-refractivity contribution in [1.29, 1.82) is 0 Å². The fourth-order valence-corrected chi connectivity index (χ4v) is 1.86. The lowest BCUT2D eigenvalue weighted by Gasteiger charge is -2.19. The molecule has 0 aliphatic rings. The van der Waals surface area contributed by atoms with Gasteiger partial charge in [-0.15, -0.1) is 0 Å². The minimum absolute atomic E-state index is 0.232. The number of hydrogen-bond acceptors (Lipinski definition) is 6. The van der Waals surface area contributed by atoms with E-state index in [1.54, 1.807) is 23.9 Å². The Balaban J connectivity index is 2.66. The van der Waals surface area contributed by atoms with Gasteiger partial charge in [0.05, 0.1) is 26.9 Å². The SMILES string of the molecule is C[n+]1cccc([N-]c2c([N+](=O)[O-])cc([N+](=O)[O-])cc2[N+](=O)[O-])c1. The third-order valence-electron chi connectivity index (χ3n) is 2.82. The predicted octanol–water partition coefficient (Wildman–Crippen LogP) is 2.57. The van der Waals surface area contributed by atoms with E-state index in [1.807, 2.05) is 0 Å². The second-order valence-corrected chi connectivity index (χ2v) is 4.44. The van der Waals surface area contributed by atoms with Gasteiger partial charge < -0.3 is 5.32 Å². The van der Waals surface area contributed by atoms with Gasteiger partial charge >= 0.3 is 0 Å². The monoisotopic (exact) mass is 319 g/mol. The third-order valence-corrected chi connectivity index (χ3v) is 2.82. The predicted molar refractivity (Wildman–Crippen MR) is 76.7 cm³/mol. The van der Waals surface area contributed by atoms with Crippen molar-refractivity contribution in [1.82, 2.24) is 0 Å². The first-order chi connectivity index (χ1) is 10.8. The molecule has 0 radical (unpaired) electrons. The zero-order chi connectivity index (χ0) is 17.1. The number of benzene rings is 1. The van der Waals surface area contributed by atoms with Crippen LogP contribution in [0.5, 0.6) is 0 Å². The van der Waals surface area contributed by atoms with E-state index >= 15 is 0 Å². The molecule has 1 aromatic heterocycles. The molecule has 0 saturated heterocycles. The average molecular weight is 319 g/mol. The second-order valence-electron chi connectivity index (χ2n) is 4.44. The summed E-state index contributed by atoms with van der Waals surface area (Å²) in [5.41, 5.74) is -2.68. The van der Waals surface area contributed by atoms with E-state index in [4.69, 9.17) is 0 Å². The van der Waals surface area contributed by atoms with Crippen molar-refractivity contribution < 1.29 is 19.3 Å². The minimum atomic E-state index is -0.943. The Bertz CT molecular complexity index is 786. The molecule has 0 spiro atoms. The molecule has 0 amide bonds. The topological polar surface area (TPSA) is 147 Å². The standard InChI is InChI=1S/C12H9N5O6/c1-14-4-2-3-8(7-14)13-12-10(16(20)21)5-9(15(18)19)6-11(12)17(22)23/h2-7H,1H3. The number of aryl methyl sites for hydroxylation is 1. The maximum atomic E-state index is 11.1. The molecule has 0 atom stereocenters. The molecule has 0 unspecified atom stereocenters. The van der Waals surface area contributed by atoms with Crippen molar-refractivity contribution in [2.24, 2.45) is 7.05 Å². The Morgan fingerprint density at radius 3 is 2.00 bits per heavy atom. The summed E-state index contributed by atoms with van der Waals surface area (Å²) in [6.07, 6.45) is 3.17. The van der Waals surface area contributed by atoms with Crippen LogP contribution in [0.15, 0.2) is 36.7 Å². The number of pyridine rings is 1. The van der Waals surface area contributed by atoms with E-state index in [0.29, 0.717) is 12.1 Å². The quantitative estimate of drug-likeness (QED) is 0.470. The van der Waals surface area contributed by atoms with Crippen molar-refractivity contribution in [3.8, 4) is 0 Å². The van der Waals surface area contributed by atoms with Gasteiger partial charge in [-0.2, -0.15) is 0 Å². The van der Waals surface area contributed by atoms with Crippen LogP contribution < -0.4 is 4.57 Å². The fourth-order valence-electron chi connectivity index (χ4n) is 1.86. The van der Waals surface area contributed by atoms with E-state index in [-0.39, 0.29) is 5.69 Å². The van der Waals surface area contributed by atoms with E-state index in [2.05, 4.69) is 5.32 Å². The van der Waals surface area contributed by atoms with Crippen LogP contribution >= 0.6 is 0 Å². The highest BCUT2D eigenvalue weighted by Crippen LogP contribution is 2.46. The molecule has 2 rings (SSSR count). The normalized spacial score (nSPS) is 10.1. The molecule has 0 saturated carbocycles. The van der Waals surface area contributed by atoms with Crippen molar-refractivity contribution in [3.63, 3.8) is 0 Å². The van der Waals surface area contributed by atoms with Crippen LogP contribution in [0, 0.1) is 30.3 Å². The number of nitro groups is 3. The summed E-state index contributed by atoms with van der Waals surface area (Å²) >= 11 is 0. The first kappa shape index (κ1) is 15.8. The molecule has 0 bridgehead atoms. The maximum absolute atomic E-state index is 11.1. The molecular formula is C12H9N5O6. The van der Waals surface area contributed by atoms with Crippen LogP contribution in [0.3, 0.4) is 0 Å². The van der Waals surface area contributed by atoms with Crippen molar-refractivity contribution in [2.75, 3.05) is 0 Å². The zero-order valence-electron chi connectivity index (χ0n) is 11.6. The van der Waals surface area contributed by atoms with Crippen LogP contribution in [-0.2, 0) is 7.05 Å². The number of aromatic nitrogens is 1. The lowest BCUT2D eigenvalue weighted by atomic mass is 10.2. The summed E-state index contributed by atoms with van der Waals surface area (Å²) in [5, 5.41) is 37.0. The number of non-ortho nitro benzene ring substituents is 1. The summed E-state index contributed by atoms with van der Waals surface area (Å²) < 4.78 is 1.60. The molecule has 0 N–H and O–H groups in total. The van der Waals surface area contributed by atoms with Gasteiger partial charge in [0, 0.05) is 11.8 Å². The van der Waals surface area contributed by atoms with Gasteiger partial charge in [0.15, 0.2) is 12.4 Å². The Morgan fingerprint density at radius 1 is 1.00 bits per heavy atom. The molecule has 0 aliphatic carbocycles. The molecule has 0 fully saturated rings.